The van der Waals surface area contributed by atoms with Crippen molar-refractivity contribution >= 4 is 0 Å². The van der Waals surface area contributed by atoms with Gasteiger partial charge < -0.3 is 5.32 Å². The molecule has 0 saturated heterocycles. The molecule has 0 bridgehead atoms. The standard InChI is InChI=1S/C15H31N/c1-4-6-7-8-13(3)16-15-11-9-14(5-2)10-12-15/h13-16H,4-12H2,1-3H3. The number of hydrogen-bond acceptors (Lipinski definition) is 1. The largest absolute Gasteiger partial charge is 0.312 e. The minimum atomic E-state index is 0.731. The minimum absolute atomic E-state index is 0.731. The van der Waals surface area contributed by atoms with Crippen LogP contribution in [0.15, 0.2) is 0 Å². The molecule has 0 aliphatic heterocycles. The van der Waals surface area contributed by atoms with Crippen LogP contribution >= 0.6 is 0 Å². The van der Waals surface area contributed by atoms with Crippen LogP contribution in [0.1, 0.15) is 78.6 Å². The maximum absolute atomic E-state index is 3.82. The number of nitrogens with one attached hydrogen (secondary N) is 1. The van der Waals surface area contributed by atoms with Crippen LogP contribution in [0.2, 0.25) is 0 Å². The molecule has 1 aliphatic rings. The lowest BCUT2D eigenvalue weighted by atomic mass is 9.84. The van der Waals surface area contributed by atoms with E-state index in [-0.39, 0.29) is 0 Å². The highest BCUT2D eigenvalue weighted by molar-refractivity contribution is 4.78. The van der Waals surface area contributed by atoms with Gasteiger partial charge in [0.1, 0.15) is 0 Å². The normalized spacial score (nSPS) is 27.9. The fraction of sp³-hybridized carbons (Fsp3) is 1.00. The van der Waals surface area contributed by atoms with Crippen LogP contribution in [0, 0.1) is 5.92 Å². The Morgan fingerprint density at radius 3 is 2.31 bits per heavy atom. The first-order valence-electron chi connectivity index (χ1n) is 7.52. The lowest BCUT2D eigenvalue weighted by Crippen LogP contribution is -2.39. The predicted molar refractivity (Wildman–Crippen MR) is 72.8 cm³/mol. The molecule has 1 heteroatoms. The Morgan fingerprint density at radius 2 is 1.75 bits per heavy atom. The zero-order chi connectivity index (χ0) is 11.8. The summed E-state index contributed by atoms with van der Waals surface area (Å²) in [7, 11) is 0. The highest BCUT2D eigenvalue weighted by atomic mass is 14.9. The van der Waals surface area contributed by atoms with Gasteiger partial charge in [-0.25, -0.2) is 0 Å². The molecule has 0 aromatic rings. The minimum Gasteiger partial charge on any atom is -0.312 e. The van der Waals surface area contributed by atoms with Gasteiger partial charge in [-0.1, -0.05) is 39.5 Å². The average Bonchev–Trinajstić information content (AvgIpc) is 2.30. The van der Waals surface area contributed by atoms with Crippen LogP contribution in [0.4, 0.5) is 0 Å². The smallest absolute Gasteiger partial charge is 0.00697 e. The van der Waals surface area contributed by atoms with Crippen molar-refractivity contribution in [1.82, 2.24) is 5.32 Å². The van der Waals surface area contributed by atoms with Gasteiger partial charge >= 0.3 is 0 Å². The Labute approximate surface area is 102 Å². The Morgan fingerprint density at radius 1 is 1.06 bits per heavy atom. The third-order valence-electron chi connectivity index (χ3n) is 4.19. The molecule has 1 nitrogen and oxygen atoms in total. The summed E-state index contributed by atoms with van der Waals surface area (Å²) in [6, 6.07) is 1.55. The molecule has 16 heavy (non-hydrogen) atoms. The van der Waals surface area contributed by atoms with Crippen molar-refractivity contribution in [2.75, 3.05) is 0 Å². The zero-order valence-corrected chi connectivity index (χ0v) is 11.6. The van der Waals surface area contributed by atoms with Crippen molar-refractivity contribution in [3.05, 3.63) is 0 Å². The highest BCUT2D eigenvalue weighted by Gasteiger charge is 2.20. The Kier molecular flexibility index (Phi) is 7.11. The third kappa shape index (κ3) is 5.34. The summed E-state index contributed by atoms with van der Waals surface area (Å²) in [5.41, 5.74) is 0. The van der Waals surface area contributed by atoms with E-state index in [9.17, 15) is 0 Å². The SMILES string of the molecule is CCCCCC(C)NC1CCC(CC)CC1. The Balaban J connectivity index is 2.08. The molecule has 0 amide bonds. The summed E-state index contributed by atoms with van der Waals surface area (Å²) in [5.74, 6) is 1.02. The molecular formula is C15H31N. The molecule has 1 atom stereocenters. The van der Waals surface area contributed by atoms with Gasteiger partial charge in [-0.05, 0) is 44.9 Å². The fourth-order valence-electron chi connectivity index (χ4n) is 2.92. The number of unbranched alkanes of at least 4 members (excludes halogenated alkanes) is 2. The monoisotopic (exact) mass is 225 g/mol. The van der Waals surface area contributed by atoms with Crippen LogP contribution in [0.25, 0.3) is 0 Å². The summed E-state index contributed by atoms with van der Waals surface area (Å²) in [6.07, 6.45) is 12.6. The van der Waals surface area contributed by atoms with Gasteiger partial charge in [0.25, 0.3) is 0 Å². The van der Waals surface area contributed by atoms with Crippen LogP contribution in [-0.4, -0.2) is 12.1 Å². The average molecular weight is 225 g/mol. The van der Waals surface area contributed by atoms with Gasteiger partial charge in [0.2, 0.25) is 0 Å². The van der Waals surface area contributed by atoms with Crippen molar-refractivity contribution < 1.29 is 0 Å². The van der Waals surface area contributed by atoms with Gasteiger partial charge in [-0.2, -0.15) is 0 Å². The quantitative estimate of drug-likeness (QED) is 0.628. The molecular weight excluding hydrogens is 194 g/mol. The van der Waals surface area contributed by atoms with Gasteiger partial charge in [-0.3, -0.25) is 0 Å². The zero-order valence-electron chi connectivity index (χ0n) is 11.6. The van der Waals surface area contributed by atoms with E-state index in [1.807, 2.05) is 0 Å². The van der Waals surface area contributed by atoms with Crippen LogP contribution < -0.4 is 5.32 Å². The van der Waals surface area contributed by atoms with Gasteiger partial charge in [-0.15, -0.1) is 0 Å². The van der Waals surface area contributed by atoms with E-state index in [1.165, 1.54) is 57.8 Å². The van der Waals surface area contributed by atoms with E-state index in [0.29, 0.717) is 0 Å². The molecule has 0 aromatic carbocycles. The van der Waals surface area contributed by atoms with E-state index in [1.54, 1.807) is 0 Å². The number of hydrogen-bond donors (Lipinski definition) is 1. The summed E-state index contributed by atoms with van der Waals surface area (Å²) in [5, 5.41) is 3.82. The molecule has 0 aromatic heterocycles. The maximum Gasteiger partial charge on any atom is 0.00697 e. The van der Waals surface area contributed by atoms with Crippen molar-refractivity contribution in [3.63, 3.8) is 0 Å². The van der Waals surface area contributed by atoms with Gasteiger partial charge in [0.15, 0.2) is 0 Å². The fourth-order valence-corrected chi connectivity index (χ4v) is 2.92. The highest BCUT2D eigenvalue weighted by Crippen LogP contribution is 2.26. The summed E-state index contributed by atoms with van der Waals surface area (Å²) >= 11 is 0. The lowest BCUT2D eigenvalue weighted by Gasteiger charge is -2.30. The van der Waals surface area contributed by atoms with Crippen molar-refractivity contribution in [2.45, 2.75) is 90.6 Å². The lowest BCUT2D eigenvalue weighted by molar-refractivity contribution is 0.268. The van der Waals surface area contributed by atoms with E-state index in [0.717, 1.165) is 18.0 Å². The molecule has 0 spiro atoms. The Hall–Kier alpha value is -0.0400. The van der Waals surface area contributed by atoms with Gasteiger partial charge in [0, 0.05) is 12.1 Å². The molecule has 1 saturated carbocycles. The van der Waals surface area contributed by atoms with Crippen LogP contribution in [0.5, 0.6) is 0 Å². The van der Waals surface area contributed by atoms with Crippen molar-refractivity contribution in [3.8, 4) is 0 Å². The molecule has 1 N–H and O–H groups in total. The van der Waals surface area contributed by atoms with Crippen molar-refractivity contribution in [1.29, 1.82) is 0 Å². The first-order chi connectivity index (χ1) is 7.76. The second-order valence-corrected chi connectivity index (χ2v) is 5.69. The second kappa shape index (κ2) is 8.11. The summed E-state index contributed by atoms with van der Waals surface area (Å²) in [4.78, 5) is 0. The van der Waals surface area contributed by atoms with Crippen molar-refractivity contribution in [2.24, 2.45) is 5.92 Å². The first-order valence-corrected chi connectivity index (χ1v) is 7.52. The molecule has 96 valence electrons. The van der Waals surface area contributed by atoms with Crippen LogP contribution in [-0.2, 0) is 0 Å². The second-order valence-electron chi connectivity index (χ2n) is 5.69. The van der Waals surface area contributed by atoms with Gasteiger partial charge in [0.05, 0.1) is 0 Å². The molecule has 1 fully saturated rings. The maximum atomic E-state index is 3.82. The Bertz CT molecular complexity index is 159. The summed E-state index contributed by atoms with van der Waals surface area (Å²) < 4.78 is 0. The predicted octanol–water partition coefficient (Wildman–Crippen LogP) is 4.51. The number of rotatable bonds is 7. The molecule has 1 unspecified atom stereocenters. The molecule has 1 aliphatic carbocycles. The molecule has 0 radical (unpaired) electrons. The molecule has 0 heterocycles. The van der Waals surface area contributed by atoms with E-state index < -0.39 is 0 Å². The van der Waals surface area contributed by atoms with E-state index >= 15 is 0 Å². The van der Waals surface area contributed by atoms with Crippen LogP contribution in [0.3, 0.4) is 0 Å². The third-order valence-corrected chi connectivity index (χ3v) is 4.19. The van der Waals surface area contributed by atoms with E-state index in [2.05, 4.69) is 26.1 Å². The summed E-state index contributed by atoms with van der Waals surface area (Å²) in [6.45, 7) is 6.98. The van der Waals surface area contributed by atoms with E-state index in [4.69, 9.17) is 0 Å². The molecule has 1 rings (SSSR count). The topological polar surface area (TPSA) is 12.0 Å². The first kappa shape index (κ1) is 14.0.